The molecule has 0 unspecified atom stereocenters. The Morgan fingerprint density at radius 3 is 2.64 bits per heavy atom. The number of piperidine rings is 1. The minimum absolute atomic E-state index is 0.159. The molecule has 1 aliphatic heterocycles. The maximum absolute atomic E-state index is 12.9. The fraction of sp³-hybridized carbons (Fsp3) is 0.450. The Balaban J connectivity index is 1.68. The lowest BCUT2D eigenvalue weighted by Crippen LogP contribution is -2.35. The summed E-state index contributed by atoms with van der Waals surface area (Å²) in [6.07, 6.45) is 2.86. The fourth-order valence-corrected chi connectivity index (χ4v) is 5.54. The number of nitrogens with zero attached hydrogens (tertiary/aromatic N) is 2. The van der Waals surface area contributed by atoms with Gasteiger partial charge in [-0.05, 0) is 66.9 Å². The molecule has 1 N–H and O–H groups in total. The number of aryl methyl sites for hydroxylation is 1. The van der Waals surface area contributed by atoms with Crippen LogP contribution in [0.15, 0.2) is 39.9 Å². The summed E-state index contributed by atoms with van der Waals surface area (Å²) >= 11 is 1.63. The van der Waals surface area contributed by atoms with Crippen molar-refractivity contribution in [3.8, 4) is 0 Å². The number of carbonyl (C=O) groups excluding carboxylic acids is 1. The van der Waals surface area contributed by atoms with E-state index in [1.807, 2.05) is 30.3 Å². The largest absolute Gasteiger partial charge is 0.325 e. The Bertz CT molecular complexity index is 905. The van der Waals surface area contributed by atoms with Crippen molar-refractivity contribution in [1.82, 2.24) is 9.21 Å². The van der Waals surface area contributed by atoms with Crippen molar-refractivity contribution in [2.45, 2.75) is 37.6 Å². The van der Waals surface area contributed by atoms with Gasteiger partial charge in [-0.25, -0.2) is 8.42 Å². The summed E-state index contributed by atoms with van der Waals surface area (Å²) in [4.78, 5) is 14.6. The number of rotatable bonds is 7. The molecule has 28 heavy (non-hydrogen) atoms. The second-order valence-electron chi connectivity index (χ2n) is 7.29. The fourth-order valence-electron chi connectivity index (χ4n) is 3.34. The van der Waals surface area contributed by atoms with Crippen LogP contribution in [0.4, 0.5) is 5.69 Å². The van der Waals surface area contributed by atoms with Crippen molar-refractivity contribution < 1.29 is 13.2 Å². The average molecular weight is 422 g/mol. The lowest BCUT2D eigenvalue weighted by atomic mass is 10.2. The van der Waals surface area contributed by atoms with Gasteiger partial charge in [0.25, 0.3) is 0 Å². The number of hydrogen-bond donors (Lipinski definition) is 1. The highest BCUT2D eigenvalue weighted by molar-refractivity contribution is 7.89. The van der Waals surface area contributed by atoms with Crippen LogP contribution in [0.2, 0.25) is 0 Å². The SMILES string of the molecule is Cc1ccc(S(=O)(=O)N2CCCCC2)cc1NC(=O)CN(C)Cc1ccsc1. The van der Waals surface area contributed by atoms with Crippen molar-refractivity contribution in [3.63, 3.8) is 0 Å². The molecule has 1 aliphatic rings. The zero-order valence-electron chi connectivity index (χ0n) is 16.3. The molecule has 0 saturated carbocycles. The number of nitrogens with one attached hydrogen (secondary N) is 1. The van der Waals surface area contributed by atoms with Crippen LogP contribution in [-0.4, -0.2) is 50.2 Å². The molecule has 1 fully saturated rings. The zero-order chi connectivity index (χ0) is 20.1. The first kappa shape index (κ1) is 21.0. The van der Waals surface area contributed by atoms with E-state index >= 15 is 0 Å². The van der Waals surface area contributed by atoms with Gasteiger partial charge in [-0.3, -0.25) is 9.69 Å². The van der Waals surface area contributed by atoms with E-state index in [0.717, 1.165) is 24.8 Å². The lowest BCUT2D eigenvalue weighted by molar-refractivity contribution is -0.117. The topological polar surface area (TPSA) is 69.7 Å². The highest BCUT2D eigenvalue weighted by Crippen LogP contribution is 2.25. The van der Waals surface area contributed by atoms with Gasteiger partial charge in [0.15, 0.2) is 0 Å². The van der Waals surface area contributed by atoms with Crippen LogP contribution in [0, 0.1) is 6.92 Å². The van der Waals surface area contributed by atoms with Gasteiger partial charge < -0.3 is 5.32 Å². The molecule has 1 aromatic heterocycles. The molecule has 2 aromatic rings. The number of thiophene rings is 1. The summed E-state index contributed by atoms with van der Waals surface area (Å²) in [6.45, 7) is 3.91. The van der Waals surface area contributed by atoms with Gasteiger partial charge >= 0.3 is 0 Å². The van der Waals surface area contributed by atoms with Crippen LogP contribution in [0.5, 0.6) is 0 Å². The molecule has 1 amide bonds. The Morgan fingerprint density at radius 2 is 1.96 bits per heavy atom. The van der Waals surface area contributed by atoms with Crippen LogP contribution in [0.1, 0.15) is 30.4 Å². The van der Waals surface area contributed by atoms with E-state index in [1.54, 1.807) is 33.8 Å². The minimum Gasteiger partial charge on any atom is -0.325 e. The number of amides is 1. The molecule has 8 heteroatoms. The number of sulfonamides is 1. The lowest BCUT2D eigenvalue weighted by Gasteiger charge is -2.26. The summed E-state index contributed by atoms with van der Waals surface area (Å²) in [6, 6.07) is 6.99. The molecule has 0 atom stereocenters. The Kier molecular flexibility index (Phi) is 6.87. The maximum Gasteiger partial charge on any atom is 0.243 e. The van der Waals surface area contributed by atoms with Crippen molar-refractivity contribution in [3.05, 3.63) is 46.2 Å². The summed E-state index contributed by atoms with van der Waals surface area (Å²) in [5.41, 5.74) is 2.56. The van der Waals surface area contributed by atoms with E-state index in [9.17, 15) is 13.2 Å². The standard InChI is InChI=1S/C20H27N3O3S2/c1-16-6-7-18(28(25,26)23-9-4-3-5-10-23)12-19(16)21-20(24)14-22(2)13-17-8-11-27-15-17/h6-8,11-12,15H,3-5,9-10,13-14H2,1-2H3,(H,21,24). The van der Waals surface area contributed by atoms with Gasteiger partial charge in [-0.1, -0.05) is 12.5 Å². The van der Waals surface area contributed by atoms with Crippen molar-refractivity contribution >= 4 is 33.0 Å². The van der Waals surface area contributed by atoms with Gasteiger partial charge in [0.2, 0.25) is 15.9 Å². The van der Waals surface area contributed by atoms with E-state index in [1.165, 1.54) is 5.56 Å². The summed E-state index contributed by atoms with van der Waals surface area (Å²) < 4.78 is 27.3. The van der Waals surface area contributed by atoms with Gasteiger partial charge in [-0.2, -0.15) is 15.6 Å². The minimum atomic E-state index is -3.52. The second kappa shape index (κ2) is 9.17. The number of carbonyl (C=O) groups is 1. The van der Waals surface area contributed by atoms with Gasteiger partial charge in [0.05, 0.1) is 11.4 Å². The van der Waals surface area contributed by atoms with Crippen molar-refractivity contribution in [2.24, 2.45) is 0 Å². The summed E-state index contributed by atoms with van der Waals surface area (Å²) in [5, 5.41) is 6.95. The third-order valence-corrected chi connectivity index (χ3v) is 7.51. The molecular weight excluding hydrogens is 394 g/mol. The molecule has 6 nitrogen and oxygen atoms in total. The van der Waals surface area contributed by atoms with E-state index in [-0.39, 0.29) is 17.3 Å². The van der Waals surface area contributed by atoms with Gasteiger partial charge in [0.1, 0.15) is 0 Å². The van der Waals surface area contributed by atoms with Crippen molar-refractivity contribution in [2.75, 3.05) is 32.0 Å². The number of likely N-dealkylation sites (N-methyl/N-ethyl adjacent to an activating group) is 1. The predicted octanol–water partition coefficient (Wildman–Crippen LogP) is 3.30. The molecule has 152 valence electrons. The van der Waals surface area contributed by atoms with Crippen molar-refractivity contribution in [1.29, 1.82) is 0 Å². The first-order valence-corrected chi connectivity index (χ1v) is 11.8. The van der Waals surface area contributed by atoms with Crippen LogP contribution in [-0.2, 0) is 21.4 Å². The molecule has 0 spiro atoms. The Hall–Kier alpha value is -1.74. The van der Waals surface area contributed by atoms with E-state index in [4.69, 9.17) is 0 Å². The molecule has 1 saturated heterocycles. The Morgan fingerprint density at radius 1 is 1.21 bits per heavy atom. The highest BCUT2D eigenvalue weighted by Gasteiger charge is 2.26. The van der Waals surface area contributed by atoms with Crippen LogP contribution < -0.4 is 5.32 Å². The quantitative estimate of drug-likeness (QED) is 0.745. The smallest absolute Gasteiger partial charge is 0.243 e. The number of hydrogen-bond acceptors (Lipinski definition) is 5. The van der Waals surface area contributed by atoms with Crippen LogP contribution >= 0.6 is 11.3 Å². The van der Waals surface area contributed by atoms with Gasteiger partial charge in [-0.15, -0.1) is 0 Å². The molecule has 0 radical (unpaired) electrons. The van der Waals surface area contributed by atoms with Crippen LogP contribution in [0.25, 0.3) is 0 Å². The molecule has 0 aliphatic carbocycles. The Labute approximate surface area is 171 Å². The van der Waals surface area contributed by atoms with Gasteiger partial charge in [0, 0.05) is 25.3 Å². The van der Waals surface area contributed by atoms with E-state index in [0.29, 0.717) is 25.3 Å². The monoisotopic (exact) mass is 421 g/mol. The summed E-state index contributed by atoms with van der Waals surface area (Å²) in [7, 11) is -1.63. The summed E-state index contributed by atoms with van der Waals surface area (Å²) in [5.74, 6) is -0.159. The molecule has 2 heterocycles. The second-order valence-corrected chi connectivity index (χ2v) is 10.0. The maximum atomic E-state index is 12.9. The third kappa shape index (κ3) is 5.20. The molecular formula is C20H27N3O3S2. The predicted molar refractivity (Wildman–Crippen MR) is 113 cm³/mol. The zero-order valence-corrected chi connectivity index (χ0v) is 18.0. The first-order valence-electron chi connectivity index (χ1n) is 9.46. The number of anilines is 1. The average Bonchev–Trinajstić information content (AvgIpc) is 3.16. The van der Waals surface area contributed by atoms with E-state index < -0.39 is 10.0 Å². The third-order valence-electron chi connectivity index (χ3n) is 4.88. The highest BCUT2D eigenvalue weighted by atomic mass is 32.2. The molecule has 1 aromatic carbocycles. The van der Waals surface area contributed by atoms with E-state index in [2.05, 4.69) is 10.7 Å². The number of benzene rings is 1. The molecule has 0 bridgehead atoms. The first-order chi connectivity index (χ1) is 13.4. The molecule has 3 rings (SSSR count). The normalized spacial score (nSPS) is 15.7. The van der Waals surface area contributed by atoms with Crippen LogP contribution in [0.3, 0.4) is 0 Å².